The van der Waals surface area contributed by atoms with E-state index in [1.165, 1.54) is 0 Å². The Kier molecular flexibility index (Phi) is 4.74. The normalized spacial score (nSPS) is 15.8. The van der Waals surface area contributed by atoms with Crippen molar-refractivity contribution in [1.29, 1.82) is 0 Å². The summed E-state index contributed by atoms with van der Waals surface area (Å²) in [5.74, 6) is -1.35. The molecule has 0 saturated heterocycles. The molecule has 4 rings (SSSR count). The van der Waals surface area contributed by atoms with Gasteiger partial charge in [-0.25, -0.2) is 13.5 Å². The molecule has 0 aliphatic carbocycles. The van der Waals surface area contributed by atoms with Crippen molar-refractivity contribution >= 4 is 11.6 Å². The van der Waals surface area contributed by atoms with Crippen LogP contribution in [-0.2, 0) is 17.9 Å². The second kappa shape index (κ2) is 7.35. The summed E-state index contributed by atoms with van der Waals surface area (Å²) >= 11 is 0. The van der Waals surface area contributed by atoms with Gasteiger partial charge in [-0.2, -0.15) is 0 Å². The summed E-state index contributed by atoms with van der Waals surface area (Å²) in [6.07, 6.45) is -0.253. The monoisotopic (exact) mass is 386 g/mol. The first-order valence-corrected chi connectivity index (χ1v) is 8.49. The zero-order valence-corrected chi connectivity index (χ0v) is 14.9. The molecule has 7 nitrogen and oxygen atoms in total. The van der Waals surface area contributed by atoms with Crippen molar-refractivity contribution in [2.75, 3.05) is 12.4 Å². The minimum absolute atomic E-state index is 0.0110. The quantitative estimate of drug-likeness (QED) is 0.746. The third-order valence-corrected chi connectivity index (χ3v) is 4.48. The Morgan fingerprint density at radius 2 is 2.04 bits per heavy atom. The lowest BCUT2D eigenvalue weighted by Gasteiger charge is -2.24. The summed E-state index contributed by atoms with van der Waals surface area (Å²) < 4.78 is 39.6. The molecule has 1 amide bonds. The summed E-state index contributed by atoms with van der Waals surface area (Å²) in [4.78, 5) is 12.4. The zero-order chi connectivity index (χ0) is 19.7. The number of anilines is 1. The molecule has 0 saturated carbocycles. The van der Waals surface area contributed by atoms with Crippen LogP contribution in [-0.4, -0.2) is 28.0 Å². The smallest absolute Gasteiger partial charge is 0.278 e. The number of halogens is 2. The fourth-order valence-corrected chi connectivity index (χ4v) is 2.98. The number of hydrogen-bond donors (Lipinski definition) is 1. The van der Waals surface area contributed by atoms with Crippen LogP contribution in [0, 0.1) is 11.6 Å². The molecule has 0 unspecified atom stereocenters. The molecule has 1 N–H and O–H groups in total. The van der Waals surface area contributed by atoms with Crippen molar-refractivity contribution in [1.82, 2.24) is 15.0 Å². The van der Waals surface area contributed by atoms with Gasteiger partial charge in [-0.3, -0.25) is 4.79 Å². The van der Waals surface area contributed by atoms with Gasteiger partial charge in [0.05, 0.1) is 31.6 Å². The van der Waals surface area contributed by atoms with Gasteiger partial charge in [-0.1, -0.05) is 17.3 Å². The minimum Gasteiger partial charge on any atom is -0.497 e. The number of methoxy groups -OCH3 is 1. The Hall–Kier alpha value is -3.33. The average Bonchev–Trinajstić information content (AvgIpc) is 3.14. The van der Waals surface area contributed by atoms with Crippen molar-refractivity contribution in [3.05, 3.63) is 71.1 Å². The average molecular weight is 386 g/mol. The molecule has 0 spiro atoms. The number of rotatable bonds is 4. The molecule has 28 heavy (non-hydrogen) atoms. The van der Waals surface area contributed by atoms with Gasteiger partial charge in [0.15, 0.2) is 5.69 Å². The molecule has 3 aromatic rings. The highest BCUT2D eigenvalue weighted by Crippen LogP contribution is 2.28. The molecule has 9 heteroatoms. The number of ether oxygens (including phenoxy) is 2. The van der Waals surface area contributed by atoms with E-state index < -0.39 is 17.5 Å². The number of hydrogen-bond acceptors (Lipinski definition) is 5. The Labute approximate surface area is 158 Å². The molecule has 2 aromatic carbocycles. The van der Waals surface area contributed by atoms with Crippen LogP contribution in [0.5, 0.6) is 5.75 Å². The Morgan fingerprint density at radius 3 is 2.79 bits per heavy atom. The van der Waals surface area contributed by atoms with Crippen molar-refractivity contribution in [2.24, 2.45) is 0 Å². The summed E-state index contributed by atoms with van der Waals surface area (Å²) in [6.45, 7) is 0.481. The molecule has 144 valence electrons. The molecule has 0 bridgehead atoms. The lowest BCUT2D eigenvalue weighted by molar-refractivity contribution is -0.00173. The van der Waals surface area contributed by atoms with Gasteiger partial charge >= 0.3 is 0 Å². The van der Waals surface area contributed by atoms with Crippen molar-refractivity contribution < 1.29 is 23.0 Å². The van der Waals surface area contributed by atoms with Crippen LogP contribution in [0.1, 0.15) is 27.8 Å². The molecule has 0 radical (unpaired) electrons. The Bertz CT molecular complexity index is 1020. The SMILES string of the molecule is COc1ccc([C@@H]2Cn3nnc(C(=O)Nc4cc(F)ccc4F)c3CO2)cc1. The highest BCUT2D eigenvalue weighted by Gasteiger charge is 2.28. The molecular formula is C19H16F2N4O3. The number of aromatic nitrogens is 3. The maximum Gasteiger partial charge on any atom is 0.278 e. The van der Waals surface area contributed by atoms with E-state index in [1.54, 1.807) is 11.8 Å². The number of benzene rings is 2. The first-order valence-electron chi connectivity index (χ1n) is 8.49. The highest BCUT2D eigenvalue weighted by molar-refractivity contribution is 6.03. The summed E-state index contributed by atoms with van der Waals surface area (Å²) in [6, 6.07) is 10.3. The third kappa shape index (κ3) is 3.44. The van der Waals surface area contributed by atoms with Crippen molar-refractivity contribution in [3.63, 3.8) is 0 Å². The van der Waals surface area contributed by atoms with Gasteiger partial charge in [-0.15, -0.1) is 5.10 Å². The topological polar surface area (TPSA) is 78.3 Å². The van der Waals surface area contributed by atoms with Gasteiger partial charge in [0.1, 0.15) is 23.5 Å². The lowest BCUT2D eigenvalue weighted by atomic mass is 10.1. The molecule has 1 aromatic heterocycles. The van der Waals surface area contributed by atoms with Gasteiger partial charge in [-0.05, 0) is 29.8 Å². The first kappa shape index (κ1) is 18.1. The molecule has 2 heterocycles. The van der Waals surface area contributed by atoms with Crippen LogP contribution in [0.3, 0.4) is 0 Å². The number of fused-ring (bicyclic) bond motifs is 1. The summed E-state index contributed by atoms with van der Waals surface area (Å²) in [5, 5.41) is 10.2. The van der Waals surface area contributed by atoms with E-state index in [1.807, 2.05) is 24.3 Å². The van der Waals surface area contributed by atoms with Crippen LogP contribution in [0.15, 0.2) is 42.5 Å². The van der Waals surface area contributed by atoms with Crippen LogP contribution in [0.2, 0.25) is 0 Å². The second-order valence-electron chi connectivity index (χ2n) is 6.22. The number of nitrogens with zero attached hydrogens (tertiary/aromatic N) is 3. The van der Waals surface area contributed by atoms with E-state index in [-0.39, 0.29) is 24.1 Å². The first-order chi connectivity index (χ1) is 13.5. The van der Waals surface area contributed by atoms with E-state index in [9.17, 15) is 13.6 Å². The van der Waals surface area contributed by atoms with Crippen LogP contribution >= 0.6 is 0 Å². The predicted molar refractivity (Wildman–Crippen MR) is 94.9 cm³/mol. The van der Waals surface area contributed by atoms with Gasteiger partial charge in [0.25, 0.3) is 5.91 Å². The summed E-state index contributed by atoms with van der Waals surface area (Å²) in [7, 11) is 1.59. The Morgan fingerprint density at radius 1 is 1.25 bits per heavy atom. The number of nitrogens with one attached hydrogen (secondary N) is 1. The van der Waals surface area contributed by atoms with E-state index in [2.05, 4.69) is 15.6 Å². The minimum atomic E-state index is -0.744. The summed E-state index contributed by atoms with van der Waals surface area (Å²) in [5.41, 5.74) is 1.16. The zero-order valence-electron chi connectivity index (χ0n) is 14.9. The van der Waals surface area contributed by atoms with Crippen LogP contribution in [0.25, 0.3) is 0 Å². The largest absolute Gasteiger partial charge is 0.497 e. The van der Waals surface area contributed by atoms with E-state index in [4.69, 9.17) is 9.47 Å². The van der Waals surface area contributed by atoms with E-state index in [0.29, 0.717) is 12.2 Å². The van der Waals surface area contributed by atoms with Crippen molar-refractivity contribution in [3.8, 4) is 5.75 Å². The molecule has 0 fully saturated rings. The van der Waals surface area contributed by atoms with E-state index in [0.717, 1.165) is 29.5 Å². The predicted octanol–water partition coefficient (Wildman–Crippen LogP) is 3.09. The second-order valence-corrected chi connectivity index (χ2v) is 6.22. The maximum atomic E-state index is 13.7. The molecular weight excluding hydrogens is 370 g/mol. The molecule has 1 atom stereocenters. The fraction of sp³-hybridized carbons (Fsp3) is 0.211. The lowest BCUT2D eigenvalue weighted by Crippen LogP contribution is -2.24. The van der Waals surface area contributed by atoms with Crippen LogP contribution in [0.4, 0.5) is 14.5 Å². The van der Waals surface area contributed by atoms with Gasteiger partial charge in [0.2, 0.25) is 0 Å². The maximum absolute atomic E-state index is 13.7. The van der Waals surface area contributed by atoms with Crippen LogP contribution < -0.4 is 10.1 Å². The molecule has 1 aliphatic rings. The van der Waals surface area contributed by atoms with Gasteiger partial charge < -0.3 is 14.8 Å². The number of carbonyl (C=O) groups excluding carboxylic acids is 1. The van der Waals surface area contributed by atoms with Gasteiger partial charge in [0, 0.05) is 6.07 Å². The Balaban J connectivity index is 1.51. The number of carbonyl (C=O) groups is 1. The number of amides is 1. The van der Waals surface area contributed by atoms with Crippen molar-refractivity contribution in [2.45, 2.75) is 19.3 Å². The van der Waals surface area contributed by atoms with E-state index >= 15 is 0 Å². The molecule has 1 aliphatic heterocycles. The highest BCUT2D eigenvalue weighted by atomic mass is 19.1. The fourth-order valence-electron chi connectivity index (χ4n) is 2.98. The standard InChI is InChI=1S/C19H16F2N4O3/c1-27-13-5-2-11(3-6-13)17-9-25-16(10-28-17)18(23-24-25)19(26)22-15-8-12(20)4-7-14(15)21/h2-8,17H,9-10H2,1H3,(H,22,26)/t17-/m0/s1. The third-order valence-electron chi connectivity index (χ3n) is 4.48.